The molecule has 0 aromatic carbocycles. The van der Waals surface area contributed by atoms with Crippen LogP contribution in [0.2, 0.25) is 5.02 Å². The van der Waals surface area contributed by atoms with Gasteiger partial charge in [0, 0.05) is 22.5 Å². The Labute approximate surface area is 122 Å². The molecular formula is C12H10ClF3N2OS. The number of nitrogens with zero attached hydrogens (tertiary/aromatic N) is 2. The van der Waals surface area contributed by atoms with Gasteiger partial charge in [0.1, 0.15) is 23.1 Å². The van der Waals surface area contributed by atoms with Crippen molar-refractivity contribution in [2.24, 2.45) is 0 Å². The van der Waals surface area contributed by atoms with Gasteiger partial charge in [-0.25, -0.2) is 0 Å². The third-order valence-corrected chi connectivity index (χ3v) is 3.95. The number of thiophene rings is 1. The van der Waals surface area contributed by atoms with Crippen molar-refractivity contribution in [1.29, 1.82) is 0 Å². The number of aromatic nitrogens is 2. The van der Waals surface area contributed by atoms with Crippen LogP contribution in [0.25, 0.3) is 11.3 Å². The van der Waals surface area contributed by atoms with E-state index in [1.807, 2.05) is 0 Å². The first-order chi connectivity index (χ1) is 9.16. The number of hydrogen-bond donors (Lipinski definition) is 0. The SMILES string of the molecule is CC(C)(C=O)n1cc(C(F)(F)F)c(-c2cscc2Cl)n1. The van der Waals surface area contributed by atoms with Gasteiger partial charge >= 0.3 is 6.18 Å². The number of halogens is 4. The average Bonchev–Trinajstić information content (AvgIpc) is 2.93. The molecule has 0 aliphatic rings. The minimum absolute atomic E-state index is 0.203. The van der Waals surface area contributed by atoms with Crippen LogP contribution in [0.5, 0.6) is 0 Å². The molecule has 2 aromatic heterocycles. The minimum atomic E-state index is -4.57. The lowest BCUT2D eigenvalue weighted by Gasteiger charge is -2.17. The molecule has 0 fully saturated rings. The zero-order chi connectivity index (χ0) is 15.1. The molecule has 0 spiro atoms. The van der Waals surface area contributed by atoms with Gasteiger partial charge in [-0.3, -0.25) is 4.68 Å². The van der Waals surface area contributed by atoms with Gasteiger partial charge in [0.25, 0.3) is 0 Å². The normalized spacial score (nSPS) is 12.7. The summed E-state index contributed by atoms with van der Waals surface area (Å²) in [5.74, 6) is 0. The van der Waals surface area contributed by atoms with E-state index in [-0.39, 0.29) is 16.3 Å². The van der Waals surface area contributed by atoms with E-state index < -0.39 is 17.3 Å². The Balaban J connectivity index is 2.67. The maximum Gasteiger partial charge on any atom is 0.420 e. The summed E-state index contributed by atoms with van der Waals surface area (Å²) in [6, 6.07) is 0. The lowest BCUT2D eigenvalue weighted by atomic mass is 10.1. The highest BCUT2D eigenvalue weighted by Gasteiger charge is 2.38. The Morgan fingerprint density at radius 1 is 1.35 bits per heavy atom. The van der Waals surface area contributed by atoms with Crippen LogP contribution in [0.15, 0.2) is 17.0 Å². The lowest BCUT2D eigenvalue weighted by Crippen LogP contribution is -2.28. The van der Waals surface area contributed by atoms with Crippen molar-refractivity contribution in [2.45, 2.75) is 25.6 Å². The number of aldehydes is 1. The van der Waals surface area contributed by atoms with Gasteiger partial charge < -0.3 is 4.79 Å². The highest BCUT2D eigenvalue weighted by molar-refractivity contribution is 7.09. The van der Waals surface area contributed by atoms with Crippen molar-refractivity contribution in [3.05, 3.63) is 27.5 Å². The molecule has 0 radical (unpaired) electrons. The van der Waals surface area contributed by atoms with Crippen LogP contribution in [-0.4, -0.2) is 16.1 Å². The van der Waals surface area contributed by atoms with Gasteiger partial charge in [-0.15, -0.1) is 0 Å². The monoisotopic (exact) mass is 322 g/mol. The first-order valence-corrected chi connectivity index (χ1v) is 6.84. The molecule has 0 saturated heterocycles. The van der Waals surface area contributed by atoms with Crippen LogP contribution in [0.1, 0.15) is 19.4 Å². The average molecular weight is 323 g/mol. The first kappa shape index (κ1) is 15.1. The number of alkyl halides is 3. The zero-order valence-corrected chi connectivity index (χ0v) is 12.1. The van der Waals surface area contributed by atoms with E-state index >= 15 is 0 Å². The molecule has 0 aliphatic carbocycles. The molecule has 0 amide bonds. The third-order valence-electron chi connectivity index (χ3n) is 2.77. The second-order valence-corrected chi connectivity index (χ2v) is 5.89. The maximum absolute atomic E-state index is 13.1. The van der Waals surface area contributed by atoms with Crippen LogP contribution in [0, 0.1) is 0 Å². The van der Waals surface area contributed by atoms with E-state index in [1.54, 1.807) is 0 Å². The van der Waals surface area contributed by atoms with Crippen molar-refractivity contribution in [3.8, 4) is 11.3 Å². The summed E-state index contributed by atoms with van der Waals surface area (Å²) < 4.78 is 40.3. The molecule has 20 heavy (non-hydrogen) atoms. The summed E-state index contributed by atoms with van der Waals surface area (Å²) in [4.78, 5) is 11.0. The van der Waals surface area contributed by atoms with Gasteiger partial charge in [0.15, 0.2) is 0 Å². The summed E-state index contributed by atoms with van der Waals surface area (Å²) in [7, 11) is 0. The topological polar surface area (TPSA) is 34.9 Å². The fourth-order valence-electron chi connectivity index (χ4n) is 1.58. The van der Waals surface area contributed by atoms with E-state index in [9.17, 15) is 18.0 Å². The lowest BCUT2D eigenvalue weighted by molar-refractivity contribution is -0.137. The van der Waals surface area contributed by atoms with Crippen LogP contribution in [-0.2, 0) is 16.5 Å². The Morgan fingerprint density at radius 3 is 2.45 bits per heavy atom. The molecule has 0 saturated carbocycles. The summed E-state index contributed by atoms with van der Waals surface area (Å²) in [5.41, 5.74) is -2.13. The summed E-state index contributed by atoms with van der Waals surface area (Å²) in [5, 5.41) is 7.14. The van der Waals surface area contributed by atoms with Crippen LogP contribution in [0.3, 0.4) is 0 Å². The summed E-state index contributed by atoms with van der Waals surface area (Å²) >= 11 is 7.06. The molecule has 0 unspecified atom stereocenters. The van der Waals surface area contributed by atoms with Crippen molar-refractivity contribution in [2.75, 3.05) is 0 Å². The Morgan fingerprint density at radius 2 is 2.00 bits per heavy atom. The molecule has 0 N–H and O–H groups in total. The van der Waals surface area contributed by atoms with Crippen molar-refractivity contribution < 1.29 is 18.0 Å². The molecule has 2 heterocycles. The fraction of sp³-hybridized carbons (Fsp3) is 0.333. The molecule has 2 aromatic rings. The smallest absolute Gasteiger partial charge is 0.301 e. The van der Waals surface area contributed by atoms with E-state index in [4.69, 9.17) is 11.6 Å². The minimum Gasteiger partial charge on any atom is -0.301 e. The maximum atomic E-state index is 13.1. The van der Waals surface area contributed by atoms with Crippen LogP contribution in [0.4, 0.5) is 13.2 Å². The Hall–Kier alpha value is -1.34. The standard InChI is InChI=1S/C12H10ClF3N2OS/c1-11(2,6-19)18-3-8(12(14,15)16)10(17-18)7-4-20-5-9(7)13/h3-6H,1-2H3. The van der Waals surface area contributed by atoms with Crippen molar-refractivity contribution in [1.82, 2.24) is 9.78 Å². The van der Waals surface area contributed by atoms with E-state index in [2.05, 4.69) is 5.10 Å². The molecule has 108 valence electrons. The molecular weight excluding hydrogens is 313 g/mol. The third kappa shape index (κ3) is 2.60. The quantitative estimate of drug-likeness (QED) is 0.793. The molecule has 2 rings (SSSR count). The van der Waals surface area contributed by atoms with E-state index in [0.29, 0.717) is 6.29 Å². The summed E-state index contributed by atoms with van der Waals surface area (Å²) in [6.45, 7) is 2.96. The number of hydrogen-bond acceptors (Lipinski definition) is 3. The van der Waals surface area contributed by atoms with Crippen LogP contribution >= 0.6 is 22.9 Å². The number of carbonyl (C=O) groups is 1. The number of carbonyl (C=O) groups excluding carboxylic acids is 1. The largest absolute Gasteiger partial charge is 0.420 e. The van der Waals surface area contributed by atoms with Crippen LogP contribution < -0.4 is 0 Å². The van der Waals surface area contributed by atoms with Gasteiger partial charge in [-0.1, -0.05) is 11.6 Å². The zero-order valence-electron chi connectivity index (χ0n) is 10.5. The molecule has 3 nitrogen and oxygen atoms in total. The fourth-order valence-corrected chi connectivity index (χ4v) is 2.63. The predicted octanol–water partition coefficient (Wildman–Crippen LogP) is 4.22. The van der Waals surface area contributed by atoms with Gasteiger partial charge in [-0.2, -0.15) is 29.6 Å². The highest BCUT2D eigenvalue weighted by atomic mass is 35.5. The van der Waals surface area contributed by atoms with Gasteiger partial charge in [-0.05, 0) is 13.8 Å². The Bertz CT molecular complexity index is 645. The van der Waals surface area contributed by atoms with Gasteiger partial charge in [0.2, 0.25) is 0 Å². The van der Waals surface area contributed by atoms with Crippen molar-refractivity contribution in [3.63, 3.8) is 0 Å². The number of rotatable bonds is 3. The first-order valence-electron chi connectivity index (χ1n) is 5.52. The van der Waals surface area contributed by atoms with Crippen molar-refractivity contribution >= 4 is 29.2 Å². The van der Waals surface area contributed by atoms with E-state index in [1.165, 1.54) is 35.9 Å². The predicted molar refractivity (Wildman–Crippen MR) is 70.9 cm³/mol. The van der Waals surface area contributed by atoms with Gasteiger partial charge in [0.05, 0.1) is 5.02 Å². The Kier molecular flexibility index (Phi) is 3.68. The van der Waals surface area contributed by atoms with E-state index in [0.717, 1.165) is 10.9 Å². The highest BCUT2D eigenvalue weighted by Crippen LogP contribution is 2.40. The molecule has 8 heteroatoms. The molecule has 0 bridgehead atoms. The molecule has 0 aliphatic heterocycles. The summed E-state index contributed by atoms with van der Waals surface area (Å²) in [6.07, 6.45) is -3.20. The molecule has 0 atom stereocenters. The second-order valence-electron chi connectivity index (χ2n) is 4.74. The second kappa shape index (κ2) is 4.89.